The summed E-state index contributed by atoms with van der Waals surface area (Å²) in [6, 6.07) is 11.7. The van der Waals surface area contributed by atoms with Gasteiger partial charge in [0.1, 0.15) is 5.82 Å². The minimum absolute atomic E-state index is 0. The van der Waals surface area contributed by atoms with Crippen LogP contribution in [0.5, 0.6) is 0 Å². The van der Waals surface area contributed by atoms with Gasteiger partial charge in [-0.1, -0.05) is 29.8 Å². The average Bonchev–Trinajstić information content (AvgIpc) is 3.20. The number of ketones is 1. The van der Waals surface area contributed by atoms with Crippen LogP contribution in [0, 0.1) is 6.92 Å². The summed E-state index contributed by atoms with van der Waals surface area (Å²) in [5, 5.41) is 8.53. The maximum Gasteiger partial charge on any atom is 0.227 e. The van der Waals surface area contributed by atoms with E-state index in [1.807, 2.05) is 60.3 Å². The van der Waals surface area contributed by atoms with Crippen LogP contribution >= 0.6 is 0 Å². The van der Waals surface area contributed by atoms with Gasteiger partial charge >= 0.3 is 0 Å². The minimum atomic E-state index is 0. The molecular weight excluding hydrogens is 380 g/mol. The van der Waals surface area contributed by atoms with Crippen LogP contribution in [0.2, 0.25) is 0 Å². The van der Waals surface area contributed by atoms with Crippen molar-refractivity contribution >= 4 is 5.78 Å². The Bertz CT molecular complexity index is 885. The van der Waals surface area contributed by atoms with Crippen LogP contribution in [0.4, 0.5) is 0 Å². The Morgan fingerprint density at radius 2 is 1.84 bits per heavy atom. The summed E-state index contributed by atoms with van der Waals surface area (Å²) in [4.78, 5) is 12.3. The Morgan fingerprint density at radius 3 is 2.56 bits per heavy atom. The van der Waals surface area contributed by atoms with E-state index in [9.17, 15) is 4.79 Å². The summed E-state index contributed by atoms with van der Waals surface area (Å²) in [6.45, 7) is 3.34. The van der Waals surface area contributed by atoms with Crippen molar-refractivity contribution in [3.8, 4) is 11.4 Å². The lowest BCUT2D eigenvalue weighted by atomic mass is 10.1. The standard InChI is InChI=1S/C19H19N4O.BrH/c1-14-4-6-15(7-5-14)17(24)13-22-11-8-16(9-12-22)19-21-20-18-3-2-10-23(18)19;/h4-9,11-12H,2-3,10,13H2,1H3;1H/q+1;/p-1. The number of pyridine rings is 1. The molecule has 0 saturated heterocycles. The van der Waals surface area contributed by atoms with Gasteiger partial charge in [-0.25, -0.2) is 0 Å². The first-order valence-electron chi connectivity index (χ1n) is 8.22. The topological polar surface area (TPSA) is 51.7 Å². The second-order valence-corrected chi connectivity index (χ2v) is 6.24. The fourth-order valence-electron chi connectivity index (χ4n) is 3.07. The smallest absolute Gasteiger partial charge is 0.227 e. The lowest BCUT2D eigenvalue weighted by Crippen LogP contribution is -3.00. The maximum atomic E-state index is 12.3. The first kappa shape index (κ1) is 17.5. The van der Waals surface area contributed by atoms with Crippen molar-refractivity contribution < 1.29 is 26.3 Å². The van der Waals surface area contributed by atoms with Gasteiger partial charge in [0.2, 0.25) is 12.3 Å². The molecule has 0 spiro atoms. The van der Waals surface area contributed by atoms with Gasteiger partial charge in [0, 0.05) is 36.2 Å². The van der Waals surface area contributed by atoms with E-state index in [0.717, 1.165) is 47.7 Å². The number of nitrogens with zero attached hydrogens (tertiary/aromatic N) is 4. The maximum absolute atomic E-state index is 12.3. The van der Waals surface area contributed by atoms with Crippen LogP contribution in [-0.2, 0) is 19.5 Å². The van der Waals surface area contributed by atoms with Crippen molar-refractivity contribution in [1.82, 2.24) is 14.8 Å². The molecule has 2 aromatic heterocycles. The van der Waals surface area contributed by atoms with E-state index >= 15 is 0 Å². The average molecular weight is 399 g/mol. The van der Waals surface area contributed by atoms with Crippen LogP contribution < -0.4 is 21.5 Å². The largest absolute Gasteiger partial charge is 1.00 e. The van der Waals surface area contributed by atoms with Gasteiger partial charge in [0.05, 0.1) is 0 Å². The molecule has 0 fully saturated rings. The van der Waals surface area contributed by atoms with E-state index < -0.39 is 0 Å². The van der Waals surface area contributed by atoms with Crippen molar-refractivity contribution in [2.45, 2.75) is 32.9 Å². The number of hydrogen-bond acceptors (Lipinski definition) is 3. The molecule has 6 heteroatoms. The van der Waals surface area contributed by atoms with Gasteiger partial charge in [0.15, 0.2) is 18.2 Å². The van der Waals surface area contributed by atoms with Gasteiger partial charge in [-0.3, -0.25) is 4.79 Å². The second kappa shape index (κ2) is 7.27. The normalized spacial score (nSPS) is 12.5. The van der Waals surface area contributed by atoms with Gasteiger partial charge in [-0.15, -0.1) is 10.2 Å². The molecule has 3 aromatic rings. The van der Waals surface area contributed by atoms with E-state index in [1.54, 1.807) is 0 Å². The van der Waals surface area contributed by atoms with Gasteiger partial charge in [0.25, 0.3) is 0 Å². The van der Waals surface area contributed by atoms with E-state index in [2.05, 4.69) is 14.8 Å². The van der Waals surface area contributed by atoms with Crippen molar-refractivity contribution in [3.63, 3.8) is 0 Å². The molecule has 0 radical (unpaired) electrons. The Hall–Kier alpha value is -2.34. The number of aromatic nitrogens is 4. The third kappa shape index (κ3) is 3.54. The zero-order chi connectivity index (χ0) is 16.5. The Kier molecular flexibility index (Phi) is 5.08. The minimum Gasteiger partial charge on any atom is -1.00 e. The first-order valence-corrected chi connectivity index (χ1v) is 8.22. The molecule has 25 heavy (non-hydrogen) atoms. The zero-order valence-electron chi connectivity index (χ0n) is 14.0. The molecule has 0 atom stereocenters. The summed E-state index contributed by atoms with van der Waals surface area (Å²) >= 11 is 0. The number of Topliss-reactive ketones (excluding diaryl/α,β-unsaturated/α-hetero) is 1. The van der Waals surface area contributed by atoms with Crippen LogP contribution in [0.25, 0.3) is 11.4 Å². The third-order valence-electron chi connectivity index (χ3n) is 4.46. The molecule has 1 aromatic carbocycles. The molecule has 3 heterocycles. The molecule has 5 nitrogen and oxygen atoms in total. The Balaban J connectivity index is 0.00000182. The number of fused-ring (bicyclic) bond motifs is 1. The fourth-order valence-corrected chi connectivity index (χ4v) is 3.07. The summed E-state index contributed by atoms with van der Waals surface area (Å²) in [7, 11) is 0. The summed E-state index contributed by atoms with van der Waals surface area (Å²) < 4.78 is 4.07. The number of rotatable bonds is 4. The summed E-state index contributed by atoms with van der Waals surface area (Å²) in [5.74, 6) is 2.09. The number of carbonyl (C=O) groups is 1. The molecule has 1 aliphatic rings. The van der Waals surface area contributed by atoms with Gasteiger partial charge in [-0.2, -0.15) is 4.57 Å². The predicted octanol–water partition coefficient (Wildman–Crippen LogP) is -0.626. The highest BCUT2D eigenvalue weighted by Gasteiger charge is 2.19. The van der Waals surface area contributed by atoms with Crippen LogP contribution in [0.15, 0.2) is 48.8 Å². The molecule has 0 saturated carbocycles. The van der Waals surface area contributed by atoms with Crippen molar-refractivity contribution in [2.24, 2.45) is 0 Å². The lowest BCUT2D eigenvalue weighted by Gasteiger charge is -2.03. The first-order chi connectivity index (χ1) is 11.7. The number of benzene rings is 1. The van der Waals surface area contributed by atoms with Crippen molar-refractivity contribution in [2.75, 3.05) is 0 Å². The van der Waals surface area contributed by atoms with Crippen LogP contribution in [-0.4, -0.2) is 20.5 Å². The van der Waals surface area contributed by atoms with Gasteiger partial charge < -0.3 is 21.5 Å². The molecule has 0 unspecified atom stereocenters. The lowest BCUT2D eigenvalue weighted by molar-refractivity contribution is -0.683. The monoisotopic (exact) mass is 398 g/mol. The Labute approximate surface area is 157 Å². The molecule has 0 aliphatic carbocycles. The second-order valence-electron chi connectivity index (χ2n) is 6.24. The highest BCUT2D eigenvalue weighted by molar-refractivity contribution is 5.95. The van der Waals surface area contributed by atoms with E-state index in [1.165, 1.54) is 0 Å². The Morgan fingerprint density at radius 1 is 1.12 bits per heavy atom. The fraction of sp³-hybridized carbons (Fsp3) is 0.263. The SMILES string of the molecule is Cc1ccc(C(=O)C[n+]2ccc(-c3nnc4n3CCC4)cc2)cc1.[Br-]. The number of halogens is 1. The van der Waals surface area contributed by atoms with E-state index in [0.29, 0.717) is 6.54 Å². The molecule has 1 aliphatic heterocycles. The van der Waals surface area contributed by atoms with Crippen molar-refractivity contribution in [1.29, 1.82) is 0 Å². The summed E-state index contributed by atoms with van der Waals surface area (Å²) in [5.41, 5.74) is 2.94. The van der Waals surface area contributed by atoms with Crippen molar-refractivity contribution in [3.05, 3.63) is 65.7 Å². The molecule has 4 rings (SSSR count). The van der Waals surface area contributed by atoms with Crippen LogP contribution in [0.1, 0.15) is 28.2 Å². The number of aryl methyl sites for hydroxylation is 2. The molecule has 0 N–H and O–H groups in total. The highest BCUT2D eigenvalue weighted by Crippen LogP contribution is 2.22. The molecule has 0 amide bonds. The highest BCUT2D eigenvalue weighted by atomic mass is 79.9. The molecule has 0 bridgehead atoms. The molecule has 128 valence electrons. The van der Waals surface area contributed by atoms with Gasteiger partial charge in [-0.05, 0) is 13.3 Å². The third-order valence-corrected chi connectivity index (χ3v) is 4.46. The van der Waals surface area contributed by atoms with E-state index in [-0.39, 0.29) is 22.8 Å². The predicted molar refractivity (Wildman–Crippen MR) is 89.5 cm³/mol. The number of carbonyl (C=O) groups excluding carboxylic acids is 1. The quantitative estimate of drug-likeness (QED) is 0.434. The molecular formula is C19H19BrN4O. The zero-order valence-corrected chi connectivity index (χ0v) is 15.6. The van der Waals surface area contributed by atoms with Crippen LogP contribution in [0.3, 0.4) is 0 Å². The van der Waals surface area contributed by atoms with E-state index in [4.69, 9.17) is 0 Å². The summed E-state index contributed by atoms with van der Waals surface area (Å²) in [6.07, 6.45) is 6.00. The number of hydrogen-bond donors (Lipinski definition) is 0.